The van der Waals surface area contributed by atoms with Crippen molar-refractivity contribution in [3.8, 4) is 22.5 Å². The molecule has 0 radical (unpaired) electrons. The topological polar surface area (TPSA) is 30.0 Å². The number of rotatable bonds is 3. The van der Waals surface area contributed by atoms with Gasteiger partial charge < -0.3 is 0 Å². The number of aromatic nitrogens is 1. The molecule has 20 heavy (non-hydrogen) atoms. The van der Waals surface area contributed by atoms with Crippen LogP contribution in [0.15, 0.2) is 72.8 Å². The van der Waals surface area contributed by atoms with Crippen LogP contribution in [0.4, 0.5) is 0 Å². The Balaban J connectivity index is 2.10. The third-order valence-corrected chi connectivity index (χ3v) is 3.18. The van der Waals surface area contributed by atoms with Crippen LogP contribution in [0.5, 0.6) is 0 Å². The van der Waals surface area contributed by atoms with E-state index in [0.29, 0.717) is 5.56 Å². The molecule has 0 aliphatic heterocycles. The van der Waals surface area contributed by atoms with Crippen LogP contribution in [0, 0.1) is 0 Å². The number of nitrogens with zero attached hydrogens (tertiary/aromatic N) is 1. The fourth-order valence-corrected chi connectivity index (χ4v) is 2.19. The van der Waals surface area contributed by atoms with E-state index in [4.69, 9.17) is 0 Å². The van der Waals surface area contributed by atoms with Crippen LogP contribution in [0.25, 0.3) is 22.5 Å². The first-order chi connectivity index (χ1) is 9.88. The highest BCUT2D eigenvalue weighted by Crippen LogP contribution is 2.24. The summed E-state index contributed by atoms with van der Waals surface area (Å²) in [6, 6.07) is 23.4. The smallest absolute Gasteiger partial charge is 0.150 e. The lowest BCUT2D eigenvalue weighted by Gasteiger charge is -2.06. The van der Waals surface area contributed by atoms with Gasteiger partial charge in [-0.15, -0.1) is 0 Å². The minimum atomic E-state index is 0.658. The summed E-state index contributed by atoms with van der Waals surface area (Å²) in [6.07, 6.45) is 0.867. The molecule has 0 N–H and O–H groups in total. The zero-order valence-electron chi connectivity index (χ0n) is 10.9. The number of aldehydes is 1. The molecule has 0 saturated heterocycles. The normalized spacial score (nSPS) is 10.2. The van der Waals surface area contributed by atoms with Gasteiger partial charge in [-0.25, -0.2) is 4.98 Å². The van der Waals surface area contributed by atoms with Crippen LogP contribution in [-0.2, 0) is 0 Å². The molecule has 3 rings (SSSR count). The maximum absolute atomic E-state index is 11.1. The molecular formula is C18H13NO. The summed E-state index contributed by atoms with van der Waals surface area (Å²) < 4.78 is 0. The van der Waals surface area contributed by atoms with Crippen LogP contribution in [0.1, 0.15) is 10.4 Å². The first-order valence-corrected chi connectivity index (χ1v) is 6.45. The summed E-state index contributed by atoms with van der Waals surface area (Å²) in [5.74, 6) is 0. The average Bonchev–Trinajstić information content (AvgIpc) is 2.56. The fraction of sp³-hybridized carbons (Fsp3) is 0. The van der Waals surface area contributed by atoms with Gasteiger partial charge in [-0.3, -0.25) is 4.79 Å². The first kappa shape index (κ1) is 12.3. The van der Waals surface area contributed by atoms with Gasteiger partial charge in [-0.1, -0.05) is 60.7 Å². The predicted molar refractivity (Wildman–Crippen MR) is 80.5 cm³/mol. The van der Waals surface area contributed by atoms with Crippen LogP contribution in [0.2, 0.25) is 0 Å². The quantitative estimate of drug-likeness (QED) is 0.659. The summed E-state index contributed by atoms with van der Waals surface area (Å²) in [6.45, 7) is 0. The fourth-order valence-electron chi connectivity index (χ4n) is 2.19. The van der Waals surface area contributed by atoms with Crippen molar-refractivity contribution in [2.45, 2.75) is 0 Å². The minimum Gasteiger partial charge on any atom is -0.298 e. The summed E-state index contributed by atoms with van der Waals surface area (Å²) >= 11 is 0. The van der Waals surface area contributed by atoms with Crippen molar-refractivity contribution in [2.75, 3.05) is 0 Å². The van der Waals surface area contributed by atoms with Gasteiger partial charge >= 0.3 is 0 Å². The average molecular weight is 259 g/mol. The summed E-state index contributed by atoms with van der Waals surface area (Å²) in [5, 5.41) is 0. The molecule has 0 amide bonds. The Labute approximate surface area is 117 Å². The van der Waals surface area contributed by atoms with Gasteiger partial charge in [0.2, 0.25) is 0 Å². The monoisotopic (exact) mass is 259 g/mol. The number of pyridine rings is 1. The lowest BCUT2D eigenvalue weighted by molar-refractivity contribution is 0.112. The van der Waals surface area contributed by atoms with Crippen LogP contribution in [-0.4, -0.2) is 11.3 Å². The molecule has 0 aliphatic rings. The van der Waals surface area contributed by atoms with Crippen LogP contribution < -0.4 is 0 Å². The van der Waals surface area contributed by atoms with Gasteiger partial charge in [0.25, 0.3) is 0 Å². The van der Waals surface area contributed by atoms with Gasteiger partial charge in [-0.2, -0.15) is 0 Å². The summed E-state index contributed by atoms with van der Waals surface area (Å²) in [7, 11) is 0. The van der Waals surface area contributed by atoms with Gasteiger partial charge in [0.1, 0.15) is 0 Å². The molecule has 0 aliphatic carbocycles. The highest BCUT2D eigenvalue weighted by atomic mass is 16.1. The third-order valence-electron chi connectivity index (χ3n) is 3.18. The van der Waals surface area contributed by atoms with E-state index < -0.39 is 0 Å². The largest absolute Gasteiger partial charge is 0.298 e. The highest BCUT2D eigenvalue weighted by Gasteiger charge is 2.06. The predicted octanol–water partition coefficient (Wildman–Crippen LogP) is 4.23. The Morgan fingerprint density at radius 3 is 2.20 bits per heavy atom. The Hall–Kier alpha value is -2.74. The van der Waals surface area contributed by atoms with E-state index in [1.807, 2.05) is 66.7 Å². The number of carbonyl (C=O) groups excluding carboxylic acids is 1. The maximum atomic E-state index is 11.1. The first-order valence-electron chi connectivity index (χ1n) is 6.45. The van der Waals surface area contributed by atoms with E-state index in [-0.39, 0.29) is 0 Å². The van der Waals surface area contributed by atoms with Crippen LogP contribution >= 0.6 is 0 Å². The number of hydrogen-bond donors (Lipinski definition) is 0. The molecule has 96 valence electrons. The summed E-state index contributed by atoms with van der Waals surface area (Å²) in [4.78, 5) is 15.8. The van der Waals surface area contributed by atoms with Gasteiger partial charge in [0, 0.05) is 16.7 Å². The second-order valence-corrected chi connectivity index (χ2v) is 4.48. The van der Waals surface area contributed by atoms with E-state index in [1.54, 1.807) is 6.07 Å². The van der Waals surface area contributed by atoms with Crippen molar-refractivity contribution >= 4 is 6.29 Å². The highest BCUT2D eigenvalue weighted by molar-refractivity contribution is 5.86. The molecule has 1 heterocycles. The van der Waals surface area contributed by atoms with Crippen molar-refractivity contribution in [2.24, 2.45) is 0 Å². The summed E-state index contributed by atoms with van der Waals surface area (Å²) in [5.41, 5.74) is 4.31. The molecule has 2 heteroatoms. The van der Waals surface area contributed by atoms with E-state index in [1.165, 1.54) is 0 Å². The maximum Gasteiger partial charge on any atom is 0.150 e. The zero-order valence-corrected chi connectivity index (χ0v) is 10.9. The molecular weight excluding hydrogens is 246 g/mol. The molecule has 0 bridgehead atoms. The Kier molecular flexibility index (Phi) is 3.38. The molecule has 0 saturated carbocycles. The number of carbonyl (C=O) groups is 1. The van der Waals surface area contributed by atoms with Crippen molar-refractivity contribution in [1.29, 1.82) is 0 Å². The minimum absolute atomic E-state index is 0.658. The van der Waals surface area contributed by atoms with Crippen molar-refractivity contribution < 1.29 is 4.79 Å². The molecule has 2 nitrogen and oxygen atoms in total. The van der Waals surface area contributed by atoms with Gasteiger partial charge in [-0.05, 0) is 12.1 Å². The van der Waals surface area contributed by atoms with Gasteiger partial charge in [0.15, 0.2) is 6.29 Å². The molecule has 0 fully saturated rings. The van der Waals surface area contributed by atoms with E-state index in [0.717, 1.165) is 28.8 Å². The zero-order chi connectivity index (χ0) is 13.8. The van der Waals surface area contributed by atoms with E-state index in [2.05, 4.69) is 4.98 Å². The van der Waals surface area contributed by atoms with Crippen molar-refractivity contribution in [1.82, 2.24) is 4.98 Å². The molecule has 0 spiro atoms. The van der Waals surface area contributed by atoms with Crippen molar-refractivity contribution in [3.05, 3.63) is 78.4 Å². The molecule has 2 aromatic carbocycles. The standard InChI is InChI=1S/C18H13NO/c20-13-15-9-4-5-10-16(15)18-12-6-11-17(19-18)14-7-2-1-3-8-14/h1-13H. The van der Waals surface area contributed by atoms with E-state index >= 15 is 0 Å². The van der Waals surface area contributed by atoms with Crippen LogP contribution in [0.3, 0.4) is 0 Å². The Bertz CT molecular complexity index is 735. The Morgan fingerprint density at radius 2 is 1.40 bits per heavy atom. The molecule has 1 aromatic heterocycles. The van der Waals surface area contributed by atoms with Gasteiger partial charge in [0.05, 0.1) is 11.4 Å². The number of benzene rings is 2. The Morgan fingerprint density at radius 1 is 0.700 bits per heavy atom. The van der Waals surface area contributed by atoms with Crippen molar-refractivity contribution in [3.63, 3.8) is 0 Å². The molecule has 0 atom stereocenters. The SMILES string of the molecule is O=Cc1ccccc1-c1cccc(-c2ccccc2)n1. The van der Waals surface area contributed by atoms with E-state index in [9.17, 15) is 4.79 Å². The third kappa shape index (κ3) is 2.36. The molecule has 3 aromatic rings. The number of hydrogen-bond acceptors (Lipinski definition) is 2. The lowest BCUT2D eigenvalue weighted by atomic mass is 10.0. The molecule has 0 unspecified atom stereocenters. The second-order valence-electron chi connectivity index (χ2n) is 4.48. The second kappa shape index (κ2) is 5.49. The lowest BCUT2D eigenvalue weighted by Crippen LogP contribution is -1.91.